The maximum atomic E-state index is 12.8. The van der Waals surface area contributed by atoms with Crippen LogP contribution in [0.15, 0.2) is 42.5 Å². The van der Waals surface area contributed by atoms with Gasteiger partial charge in [-0.3, -0.25) is 9.10 Å². The molecule has 1 amide bonds. The van der Waals surface area contributed by atoms with Gasteiger partial charge in [0, 0.05) is 24.7 Å². The molecule has 0 bridgehead atoms. The molecule has 0 aromatic heterocycles. The summed E-state index contributed by atoms with van der Waals surface area (Å²) in [5, 5.41) is 2.84. The molecule has 1 N–H and O–H groups in total. The molecule has 0 aliphatic carbocycles. The van der Waals surface area contributed by atoms with E-state index in [2.05, 4.69) is 5.32 Å². The molecule has 156 valence electrons. The van der Waals surface area contributed by atoms with Crippen LogP contribution in [0.1, 0.15) is 25.8 Å². The van der Waals surface area contributed by atoms with E-state index in [1.54, 1.807) is 30.3 Å². The lowest BCUT2D eigenvalue weighted by molar-refractivity contribution is -0.122. The fourth-order valence-electron chi connectivity index (χ4n) is 3.16. The highest BCUT2D eigenvalue weighted by Crippen LogP contribution is 2.35. The van der Waals surface area contributed by atoms with E-state index in [9.17, 15) is 13.2 Å². The van der Waals surface area contributed by atoms with Gasteiger partial charge < -0.3 is 14.8 Å². The fraction of sp³-hybridized carbons (Fsp3) is 0.381. The minimum absolute atomic E-state index is 0.0214. The Morgan fingerprint density at radius 1 is 1.24 bits per heavy atom. The van der Waals surface area contributed by atoms with Crippen molar-refractivity contribution in [1.29, 1.82) is 0 Å². The van der Waals surface area contributed by atoms with Crippen LogP contribution in [0, 0.1) is 6.92 Å². The van der Waals surface area contributed by atoms with Gasteiger partial charge in [0.2, 0.25) is 10.0 Å². The second kappa shape index (κ2) is 8.32. The first kappa shape index (κ1) is 21.0. The number of fused-ring (bicyclic) bond motifs is 1. The molecule has 0 saturated carbocycles. The van der Waals surface area contributed by atoms with E-state index in [1.165, 1.54) is 4.31 Å². The van der Waals surface area contributed by atoms with Crippen molar-refractivity contribution in [3.8, 4) is 11.5 Å². The van der Waals surface area contributed by atoms with Crippen molar-refractivity contribution in [2.75, 3.05) is 22.4 Å². The van der Waals surface area contributed by atoms with Crippen molar-refractivity contribution in [3.05, 3.63) is 48.0 Å². The van der Waals surface area contributed by atoms with Crippen molar-refractivity contribution < 1.29 is 22.7 Å². The highest BCUT2D eigenvalue weighted by Gasteiger charge is 2.31. The van der Waals surface area contributed by atoms with Crippen molar-refractivity contribution in [3.63, 3.8) is 0 Å². The molecule has 0 unspecified atom stereocenters. The van der Waals surface area contributed by atoms with E-state index in [0.29, 0.717) is 22.9 Å². The number of carbonyl (C=O) groups excluding carboxylic acids is 1. The average molecular weight is 419 g/mol. The molecule has 2 aromatic rings. The van der Waals surface area contributed by atoms with Gasteiger partial charge >= 0.3 is 0 Å². The minimum atomic E-state index is -3.50. The molecule has 1 aliphatic heterocycles. The summed E-state index contributed by atoms with van der Waals surface area (Å²) in [5.41, 5.74) is 1.95. The third-order valence-corrected chi connectivity index (χ3v) is 5.59. The first-order valence-corrected chi connectivity index (χ1v) is 11.3. The summed E-state index contributed by atoms with van der Waals surface area (Å²) in [6.07, 6.45) is 0.583. The number of carbonyl (C=O) groups is 1. The standard InChI is InChI=1S/C21H26N2O5S/c1-14(2)27-17-7-5-6-16(13-17)22-21(24)20-10-11-23(29(4,25)26)18-12-15(3)8-9-19(18)28-20/h5-9,12-14,20H,10-11H2,1-4H3,(H,22,24)/t20-/m0/s1. The number of nitrogens with one attached hydrogen (secondary N) is 1. The van der Waals surface area contributed by atoms with Crippen LogP contribution in [0.2, 0.25) is 0 Å². The SMILES string of the molecule is Cc1ccc2c(c1)N(S(C)(=O)=O)CC[C@@H](C(=O)Nc1cccc(OC(C)C)c1)O2. The first-order chi connectivity index (χ1) is 13.6. The number of sulfonamides is 1. The molecule has 7 nitrogen and oxygen atoms in total. The highest BCUT2D eigenvalue weighted by atomic mass is 32.2. The van der Waals surface area contributed by atoms with Crippen molar-refractivity contribution >= 4 is 27.3 Å². The summed E-state index contributed by atoms with van der Waals surface area (Å²) in [4.78, 5) is 12.8. The Labute approximate surface area is 171 Å². The maximum Gasteiger partial charge on any atom is 0.265 e. The zero-order valence-electron chi connectivity index (χ0n) is 17.0. The van der Waals surface area contributed by atoms with Gasteiger partial charge in [-0.1, -0.05) is 12.1 Å². The van der Waals surface area contributed by atoms with Crippen LogP contribution in [0.4, 0.5) is 11.4 Å². The number of nitrogens with zero attached hydrogens (tertiary/aromatic N) is 1. The topological polar surface area (TPSA) is 84.9 Å². The van der Waals surface area contributed by atoms with E-state index in [-0.39, 0.29) is 25.0 Å². The van der Waals surface area contributed by atoms with Gasteiger partial charge in [-0.15, -0.1) is 0 Å². The number of aryl methyl sites for hydroxylation is 1. The molecule has 1 aliphatic rings. The summed E-state index contributed by atoms with van der Waals surface area (Å²) in [6.45, 7) is 5.89. The number of hydrogen-bond donors (Lipinski definition) is 1. The van der Waals surface area contributed by atoms with E-state index >= 15 is 0 Å². The summed E-state index contributed by atoms with van der Waals surface area (Å²) in [6, 6.07) is 12.4. The second-order valence-electron chi connectivity index (χ2n) is 7.39. The molecular formula is C21H26N2O5S. The Morgan fingerprint density at radius 3 is 2.69 bits per heavy atom. The second-order valence-corrected chi connectivity index (χ2v) is 9.29. The lowest BCUT2D eigenvalue weighted by Crippen LogP contribution is -2.36. The van der Waals surface area contributed by atoms with Gasteiger partial charge in [0.25, 0.3) is 5.91 Å². The summed E-state index contributed by atoms with van der Waals surface area (Å²) >= 11 is 0. The summed E-state index contributed by atoms with van der Waals surface area (Å²) < 4.78 is 37.4. The molecule has 0 saturated heterocycles. The predicted octanol–water partition coefficient (Wildman–Crippen LogP) is 3.34. The molecule has 29 heavy (non-hydrogen) atoms. The van der Waals surface area contributed by atoms with Crippen molar-refractivity contribution in [1.82, 2.24) is 0 Å². The fourth-order valence-corrected chi connectivity index (χ4v) is 4.10. The molecule has 2 aromatic carbocycles. The number of anilines is 2. The van der Waals surface area contributed by atoms with E-state index < -0.39 is 16.1 Å². The van der Waals surface area contributed by atoms with Gasteiger partial charge in [0.05, 0.1) is 18.0 Å². The quantitative estimate of drug-likeness (QED) is 0.805. The third kappa shape index (κ3) is 5.20. The molecule has 1 atom stereocenters. The van der Waals surface area contributed by atoms with Gasteiger partial charge in [-0.05, 0) is 50.6 Å². The molecule has 1 heterocycles. The van der Waals surface area contributed by atoms with Crippen LogP contribution in [0.3, 0.4) is 0 Å². The van der Waals surface area contributed by atoms with Crippen LogP contribution < -0.4 is 19.1 Å². The number of rotatable bonds is 5. The Bertz CT molecular complexity index is 1000. The Morgan fingerprint density at radius 2 is 2.00 bits per heavy atom. The van der Waals surface area contributed by atoms with Crippen LogP contribution in [0.25, 0.3) is 0 Å². The van der Waals surface area contributed by atoms with Crippen LogP contribution in [-0.4, -0.2) is 39.3 Å². The zero-order valence-corrected chi connectivity index (χ0v) is 17.8. The number of benzene rings is 2. The lowest BCUT2D eigenvalue weighted by atomic mass is 10.2. The van der Waals surface area contributed by atoms with Gasteiger partial charge in [-0.25, -0.2) is 8.42 Å². The third-order valence-electron chi connectivity index (χ3n) is 4.41. The zero-order chi connectivity index (χ0) is 21.2. The first-order valence-electron chi connectivity index (χ1n) is 9.46. The number of hydrogen-bond acceptors (Lipinski definition) is 5. The molecule has 8 heteroatoms. The van der Waals surface area contributed by atoms with E-state index in [0.717, 1.165) is 11.8 Å². The van der Waals surface area contributed by atoms with Gasteiger partial charge in [0.15, 0.2) is 6.10 Å². The molecular weight excluding hydrogens is 392 g/mol. The summed E-state index contributed by atoms with van der Waals surface area (Å²) in [5.74, 6) is 0.688. The molecule has 0 fully saturated rings. The van der Waals surface area contributed by atoms with E-state index in [4.69, 9.17) is 9.47 Å². The normalized spacial score (nSPS) is 16.6. The smallest absolute Gasteiger partial charge is 0.265 e. The highest BCUT2D eigenvalue weighted by molar-refractivity contribution is 7.92. The largest absolute Gasteiger partial charge is 0.491 e. The van der Waals surface area contributed by atoms with Crippen molar-refractivity contribution in [2.24, 2.45) is 0 Å². The van der Waals surface area contributed by atoms with Crippen LogP contribution in [0.5, 0.6) is 11.5 Å². The Kier molecular flexibility index (Phi) is 6.02. The minimum Gasteiger partial charge on any atom is -0.491 e. The Hall–Kier alpha value is -2.74. The average Bonchev–Trinajstić information content (AvgIpc) is 2.80. The number of ether oxygens (including phenoxy) is 2. The van der Waals surface area contributed by atoms with Gasteiger partial charge in [-0.2, -0.15) is 0 Å². The van der Waals surface area contributed by atoms with Gasteiger partial charge in [0.1, 0.15) is 11.5 Å². The van der Waals surface area contributed by atoms with Crippen LogP contribution >= 0.6 is 0 Å². The van der Waals surface area contributed by atoms with Crippen LogP contribution in [-0.2, 0) is 14.8 Å². The number of amides is 1. The maximum absolute atomic E-state index is 12.8. The monoisotopic (exact) mass is 418 g/mol. The Balaban J connectivity index is 1.82. The molecule has 0 spiro atoms. The van der Waals surface area contributed by atoms with Crippen molar-refractivity contribution in [2.45, 2.75) is 39.4 Å². The summed E-state index contributed by atoms with van der Waals surface area (Å²) in [7, 11) is -3.50. The molecule has 3 rings (SSSR count). The lowest BCUT2D eigenvalue weighted by Gasteiger charge is -2.21. The predicted molar refractivity (Wildman–Crippen MR) is 113 cm³/mol. The van der Waals surface area contributed by atoms with E-state index in [1.807, 2.05) is 32.9 Å². The molecule has 0 radical (unpaired) electrons.